The van der Waals surface area contributed by atoms with Gasteiger partial charge in [-0.15, -0.1) is 0 Å². The second kappa shape index (κ2) is 7.83. The first-order valence-electron chi connectivity index (χ1n) is 8.63. The molecule has 136 valence electrons. The molecule has 1 N–H and O–H groups in total. The molecular weight excluding hydrogens is 346 g/mol. The van der Waals surface area contributed by atoms with Crippen molar-refractivity contribution in [2.45, 2.75) is 39.7 Å². The largest absolute Gasteiger partial charge is 0.349 e. The summed E-state index contributed by atoms with van der Waals surface area (Å²) in [5.41, 5.74) is 1.95. The Labute approximate surface area is 157 Å². The molecule has 0 aliphatic rings. The summed E-state index contributed by atoms with van der Waals surface area (Å²) in [5.74, 6) is 1.02. The summed E-state index contributed by atoms with van der Waals surface area (Å²) >= 11 is 1.58. The van der Waals surface area contributed by atoms with Gasteiger partial charge in [0, 0.05) is 23.8 Å². The van der Waals surface area contributed by atoms with E-state index in [4.69, 9.17) is 4.52 Å². The van der Waals surface area contributed by atoms with Crippen LogP contribution in [0.25, 0.3) is 11.4 Å². The summed E-state index contributed by atoms with van der Waals surface area (Å²) < 4.78 is 5.26. The first-order chi connectivity index (χ1) is 12.4. The summed E-state index contributed by atoms with van der Waals surface area (Å²) in [6, 6.07) is 11.9. The Morgan fingerprint density at radius 3 is 2.65 bits per heavy atom. The Balaban J connectivity index is 1.61. The number of hydrogen-bond acceptors (Lipinski definition) is 5. The molecule has 0 radical (unpaired) electrons. The lowest BCUT2D eigenvalue weighted by atomic mass is 9.82. The van der Waals surface area contributed by atoms with Gasteiger partial charge < -0.3 is 9.84 Å². The molecule has 3 rings (SSSR count). The normalized spacial score (nSPS) is 12.7. The maximum Gasteiger partial charge on any atom is 0.227 e. The van der Waals surface area contributed by atoms with Crippen LogP contribution in [0.15, 0.2) is 51.7 Å². The van der Waals surface area contributed by atoms with Crippen LogP contribution >= 0.6 is 11.3 Å². The fourth-order valence-corrected chi connectivity index (χ4v) is 3.40. The van der Waals surface area contributed by atoms with E-state index >= 15 is 0 Å². The van der Waals surface area contributed by atoms with E-state index in [1.54, 1.807) is 11.3 Å². The second-order valence-corrected chi connectivity index (χ2v) is 8.08. The van der Waals surface area contributed by atoms with Gasteiger partial charge in [0.1, 0.15) is 0 Å². The molecule has 0 aliphatic carbocycles. The fourth-order valence-electron chi connectivity index (χ4n) is 2.76. The zero-order valence-corrected chi connectivity index (χ0v) is 16.0. The highest BCUT2D eigenvalue weighted by Crippen LogP contribution is 2.32. The third-order valence-electron chi connectivity index (χ3n) is 4.12. The van der Waals surface area contributed by atoms with Crippen molar-refractivity contribution >= 4 is 17.2 Å². The number of aryl methyl sites for hydroxylation is 1. The molecule has 3 aromatic rings. The molecule has 0 aliphatic heterocycles. The molecule has 2 heterocycles. The second-order valence-electron chi connectivity index (χ2n) is 7.30. The first-order valence-corrected chi connectivity index (χ1v) is 9.57. The Morgan fingerprint density at radius 1 is 1.23 bits per heavy atom. The van der Waals surface area contributed by atoms with Gasteiger partial charge in [0.25, 0.3) is 0 Å². The van der Waals surface area contributed by atoms with Gasteiger partial charge in [-0.05, 0) is 22.4 Å². The average Bonchev–Trinajstić information content (AvgIpc) is 3.28. The van der Waals surface area contributed by atoms with Gasteiger partial charge in [0.2, 0.25) is 17.6 Å². The molecule has 0 fully saturated rings. The van der Waals surface area contributed by atoms with Gasteiger partial charge in [-0.25, -0.2) is 0 Å². The number of aromatic nitrogens is 2. The lowest BCUT2D eigenvalue weighted by Gasteiger charge is -2.32. The molecule has 0 spiro atoms. The number of carbonyl (C=O) groups excluding carboxylic acids is 1. The van der Waals surface area contributed by atoms with E-state index in [2.05, 4.69) is 36.2 Å². The van der Waals surface area contributed by atoms with E-state index in [1.165, 1.54) is 0 Å². The summed E-state index contributed by atoms with van der Waals surface area (Å²) in [6.07, 6.45) is 0.735. The SMILES string of the molecule is CC(C)(C)C(NC(=O)CCc1nc(-c2ccsc2)no1)c1ccccc1. The Bertz CT molecular complexity index is 836. The zero-order chi connectivity index (χ0) is 18.6. The maximum atomic E-state index is 12.5. The molecule has 5 nitrogen and oxygen atoms in total. The highest BCUT2D eigenvalue weighted by Gasteiger charge is 2.27. The number of benzene rings is 1. The molecule has 1 unspecified atom stereocenters. The molecular formula is C20H23N3O2S. The summed E-state index contributed by atoms with van der Waals surface area (Å²) in [6.45, 7) is 6.36. The highest BCUT2D eigenvalue weighted by molar-refractivity contribution is 7.08. The molecule has 1 atom stereocenters. The number of hydrogen-bond donors (Lipinski definition) is 1. The fraction of sp³-hybridized carbons (Fsp3) is 0.350. The smallest absolute Gasteiger partial charge is 0.227 e. The lowest BCUT2D eigenvalue weighted by molar-refractivity contribution is -0.122. The van der Waals surface area contributed by atoms with Crippen LogP contribution in [0, 0.1) is 5.41 Å². The first kappa shape index (κ1) is 18.3. The van der Waals surface area contributed by atoms with E-state index in [-0.39, 0.29) is 17.4 Å². The van der Waals surface area contributed by atoms with Crippen LogP contribution in [0.2, 0.25) is 0 Å². The monoisotopic (exact) mass is 369 g/mol. The van der Waals surface area contributed by atoms with Crippen LogP contribution in [0.5, 0.6) is 0 Å². The molecule has 2 aromatic heterocycles. The van der Waals surface area contributed by atoms with Crippen molar-refractivity contribution in [3.63, 3.8) is 0 Å². The predicted octanol–water partition coefficient (Wildman–Crippen LogP) is 4.63. The van der Waals surface area contributed by atoms with Gasteiger partial charge >= 0.3 is 0 Å². The number of carbonyl (C=O) groups is 1. The Morgan fingerprint density at radius 2 is 2.00 bits per heavy atom. The molecule has 6 heteroatoms. The van der Waals surface area contributed by atoms with Gasteiger partial charge in [0.15, 0.2) is 0 Å². The van der Waals surface area contributed by atoms with Crippen molar-refractivity contribution in [2.75, 3.05) is 0 Å². The molecule has 1 aromatic carbocycles. The standard InChI is InChI=1S/C20H23N3O2S/c1-20(2,3)18(14-7-5-4-6-8-14)21-16(24)9-10-17-22-19(23-25-17)15-11-12-26-13-15/h4-8,11-13,18H,9-10H2,1-3H3,(H,21,24). The van der Waals surface area contributed by atoms with Crippen LogP contribution in [0.1, 0.15) is 44.7 Å². The zero-order valence-electron chi connectivity index (χ0n) is 15.2. The molecule has 0 bridgehead atoms. The highest BCUT2D eigenvalue weighted by atomic mass is 32.1. The molecule has 0 saturated carbocycles. The van der Waals surface area contributed by atoms with E-state index in [0.29, 0.717) is 24.6 Å². The van der Waals surface area contributed by atoms with Crippen LogP contribution in [0.4, 0.5) is 0 Å². The van der Waals surface area contributed by atoms with Gasteiger partial charge in [0.05, 0.1) is 6.04 Å². The topological polar surface area (TPSA) is 68.0 Å². The molecule has 26 heavy (non-hydrogen) atoms. The van der Waals surface area contributed by atoms with E-state index in [0.717, 1.165) is 11.1 Å². The van der Waals surface area contributed by atoms with Gasteiger partial charge in [-0.3, -0.25) is 4.79 Å². The third kappa shape index (κ3) is 4.58. The van der Waals surface area contributed by atoms with Crippen molar-refractivity contribution in [2.24, 2.45) is 5.41 Å². The quantitative estimate of drug-likeness (QED) is 0.687. The van der Waals surface area contributed by atoms with Gasteiger partial charge in [-0.2, -0.15) is 16.3 Å². The van der Waals surface area contributed by atoms with Crippen LogP contribution in [0.3, 0.4) is 0 Å². The molecule has 0 saturated heterocycles. The van der Waals surface area contributed by atoms with E-state index in [9.17, 15) is 4.79 Å². The third-order valence-corrected chi connectivity index (χ3v) is 4.80. The summed E-state index contributed by atoms with van der Waals surface area (Å²) in [7, 11) is 0. The van der Waals surface area contributed by atoms with Crippen LogP contribution < -0.4 is 5.32 Å². The Kier molecular flexibility index (Phi) is 5.52. The summed E-state index contributed by atoms with van der Waals surface area (Å²) in [4.78, 5) is 16.8. The van der Waals surface area contributed by atoms with Crippen molar-refractivity contribution in [1.82, 2.24) is 15.5 Å². The predicted molar refractivity (Wildman–Crippen MR) is 103 cm³/mol. The molecule has 1 amide bonds. The average molecular weight is 369 g/mol. The number of thiophene rings is 1. The van der Waals surface area contributed by atoms with Crippen molar-refractivity contribution in [3.05, 3.63) is 58.6 Å². The minimum atomic E-state index is -0.0897. The minimum Gasteiger partial charge on any atom is -0.349 e. The number of nitrogens with zero attached hydrogens (tertiary/aromatic N) is 2. The number of amides is 1. The van der Waals surface area contributed by atoms with Crippen molar-refractivity contribution in [3.8, 4) is 11.4 Å². The number of nitrogens with one attached hydrogen (secondary N) is 1. The van der Waals surface area contributed by atoms with Gasteiger partial charge in [-0.1, -0.05) is 56.3 Å². The Hall–Kier alpha value is -2.47. The van der Waals surface area contributed by atoms with Crippen molar-refractivity contribution in [1.29, 1.82) is 0 Å². The van der Waals surface area contributed by atoms with Crippen molar-refractivity contribution < 1.29 is 9.32 Å². The summed E-state index contributed by atoms with van der Waals surface area (Å²) in [5, 5.41) is 11.1. The van der Waals surface area contributed by atoms with E-state index in [1.807, 2.05) is 47.2 Å². The lowest BCUT2D eigenvalue weighted by Crippen LogP contribution is -2.36. The maximum absolute atomic E-state index is 12.5. The van der Waals surface area contributed by atoms with E-state index < -0.39 is 0 Å². The van der Waals surface area contributed by atoms with Crippen LogP contribution in [-0.2, 0) is 11.2 Å². The number of rotatable bonds is 6. The van der Waals surface area contributed by atoms with Crippen LogP contribution in [-0.4, -0.2) is 16.0 Å². The minimum absolute atomic E-state index is 0.0240.